The Bertz CT molecular complexity index is 1040. The van der Waals surface area contributed by atoms with E-state index in [4.69, 9.17) is 9.47 Å². The Morgan fingerprint density at radius 3 is 2.77 bits per heavy atom. The molecule has 0 aromatic heterocycles. The van der Waals surface area contributed by atoms with Crippen molar-refractivity contribution in [2.24, 2.45) is 17.8 Å². The maximum absolute atomic E-state index is 13.9. The Labute approximate surface area is 208 Å². The molecule has 0 N–H and O–H groups in total. The van der Waals surface area contributed by atoms with Gasteiger partial charge in [-0.15, -0.1) is 0 Å². The summed E-state index contributed by atoms with van der Waals surface area (Å²) in [6, 6.07) is 6.39. The zero-order valence-electron chi connectivity index (χ0n) is 20.9. The molecule has 6 rings (SSSR count). The number of rotatable bonds is 4. The van der Waals surface area contributed by atoms with E-state index in [1.165, 1.54) is 37.8 Å². The van der Waals surface area contributed by atoms with Gasteiger partial charge in [0, 0.05) is 38.2 Å². The van der Waals surface area contributed by atoms with Crippen LogP contribution in [0.25, 0.3) is 0 Å². The lowest BCUT2D eigenvalue weighted by molar-refractivity contribution is -0.140. The number of likely N-dealkylation sites (tertiary alicyclic amines) is 1. The lowest BCUT2D eigenvalue weighted by atomic mass is 9.68. The Morgan fingerprint density at radius 2 is 1.94 bits per heavy atom. The third kappa shape index (κ3) is 3.92. The summed E-state index contributed by atoms with van der Waals surface area (Å²) >= 11 is 0. The summed E-state index contributed by atoms with van der Waals surface area (Å²) in [5, 5.41) is 0. The van der Waals surface area contributed by atoms with Gasteiger partial charge in [-0.25, -0.2) is 0 Å². The van der Waals surface area contributed by atoms with Gasteiger partial charge in [-0.05, 0) is 62.6 Å². The second-order valence-corrected chi connectivity index (χ2v) is 11.0. The minimum atomic E-state index is -0.308. The standard InChI is InChI=1S/C28H37N3O4/c1-34-22-8-9-24(25(15-22)35-2)31-17-21(14-26(31)32)28(33)30-11-5-6-18-12-19-13-20(27(18)30)16-29-10-4-3-7-23(19)29/h8-9,12,15,19-21,23,27H,3-7,10-11,13-14,16-17H2,1-2H3/t19-,20-,21+,23-,27+/m0/s1. The molecule has 4 fully saturated rings. The number of piperidine rings is 3. The third-order valence-electron chi connectivity index (χ3n) is 9.09. The van der Waals surface area contributed by atoms with Crippen LogP contribution in [0.5, 0.6) is 11.5 Å². The summed E-state index contributed by atoms with van der Waals surface area (Å²) in [7, 11) is 3.20. The number of fused-ring (bicyclic) bond motifs is 6. The summed E-state index contributed by atoms with van der Waals surface area (Å²) in [5.74, 6) is 2.27. The number of methoxy groups -OCH3 is 2. The molecule has 7 nitrogen and oxygen atoms in total. The van der Waals surface area contributed by atoms with Gasteiger partial charge in [-0.1, -0.05) is 18.1 Å². The van der Waals surface area contributed by atoms with E-state index >= 15 is 0 Å². The van der Waals surface area contributed by atoms with Gasteiger partial charge < -0.3 is 19.3 Å². The van der Waals surface area contributed by atoms with Crippen LogP contribution >= 0.6 is 0 Å². The number of ether oxygens (including phenoxy) is 2. The first-order chi connectivity index (χ1) is 17.1. The van der Waals surface area contributed by atoms with Crippen molar-refractivity contribution >= 4 is 17.5 Å². The fourth-order valence-corrected chi connectivity index (χ4v) is 7.57. The van der Waals surface area contributed by atoms with Crippen LogP contribution in [0.2, 0.25) is 0 Å². The first kappa shape index (κ1) is 22.9. The van der Waals surface area contributed by atoms with Crippen molar-refractivity contribution in [2.75, 3.05) is 45.3 Å². The highest BCUT2D eigenvalue weighted by molar-refractivity contribution is 6.01. The molecule has 2 bridgehead atoms. The molecular formula is C28H37N3O4. The maximum Gasteiger partial charge on any atom is 0.228 e. The highest BCUT2D eigenvalue weighted by atomic mass is 16.5. The first-order valence-corrected chi connectivity index (χ1v) is 13.3. The number of anilines is 1. The average molecular weight is 480 g/mol. The summed E-state index contributed by atoms with van der Waals surface area (Å²) < 4.78 is 10.8. The van der Waals surface area contributed by atoms with Crippen LogP contribution in [0, 0.1) is 17.8 Å². The maximum atomic E-state index is 13.9. The molecule has 0 spiro atoms. The molecule has 7 heteroatoms. The predicted molar refractivity (Wildman–Crippen MR) is 134 cm³/mol. The van der Waals surface area contributed by atoms with E-state index in [1.54, 1.807) is 25.2 Å². The number of carbonyl (C=O) groups excluding carboxylic acids is 2. The fourth-order valence-electron chi connectivity index (χ4n) is 7.57. The molecule has 1 aromatic rings. The van der Waals surface area contributed by atoms with E-state index < -0.39 is 0 Å². The van der Waals surface area contributed by atoms with Gasteiger partial charge in [0.25, 0.3) is 0 Å². The zero-order valence-corrected chi connectivity index (χ0v) is 20.9. The van der Waals surface area contributed by atoms with E-state index in [2.05, 4.69) is 15.9 Å². The Balaban J connectivity index is 1.22. The molecule has 0 saturated carbocycles. The number of benzene rings is 1. The number of carbonyl (C=O) groups is 2. The van der Waals surface area contributed by atoms with Crippen LogP contribution in [0.3, 0.4) is 0 Å². The minimum Gasteiger partial charge on any atom is -0.497 e. The van der Waals surface area contributed by atoms with Crippen molar-refractivity contribution in [1.29, 1.82) is 0 Å². The lowest BCUT2D eigenvalue weighted by Crippen LogP contribution is -2.60. The van der Waals surface area contributed by atoms with Crippen molar-refractivity contribution in [3.63, 3.8) is 0 Å². The predicted octanol–water partition coefficient (Wildman–Crippen LogP) is 3.48. The average Bonchev–Trinajstić information content (AvgIpc) is 3.28. The van der Waals surface area contributed by atoms with E-state index in [-0.39, 0.29) is 30.2 Å². The van der Waals surface area contributed by atoms with Gasteiger partial charge >= 0.3 is 0 Å². The van der Waals surface area contributed by atoms with Gasteiger partial charge in [0.05, 0.1) is 31.9 Å². The molecule has 5 atom stereocenters. The van der Waals surface area contributed by atoms with Gasteiger partial charge in [-0.3, -0.25) is 14.5 Å². The SMILES string of the molecule is COc1ccc(N2C[C@H](C(=O)N3CCCC4=C[C@H]5C[C@@H](CN6CCCC[C@@H]56)[C@@H]43)CC2=O)c(OC)c1. The third-order valence-corrected chi connectivity index (χ3v) is 9.09. The normalized spacial score (nSPS) is 32.6. The molecule has 4 heterocycles. The number of nitrogens with zero attached hydrogens (tertiary/aromatic N) is 3. The molecule has 0 unspecified atom stereocenters. The van der Waals surface area contributed by atoms with Crippen molar-refractivity contribution < 1.29 is 19.1 Å². The van der Waals surface area contributed by atoms with Crippen LogP contribution in [-0.4, -0.2) is 74.1 Å². The van der Waals surface area contributed by atoms with E-state index in [0.29, 0.717) is 41.6 Å². The van der Waals surface area contributed by atoms with Crippen LogP contribution in [0.1, 0.15) is 44.9 Å². The Kier molecular flexibility index (Phi) is 5.99. The van der Waals surface area contributed by atoms with Crippen molar-refractivity contribution in [2.45, 2.75) is 57.0 Å². The van der Waals surface area contributed by atoms with Crippen LogP contribution in [0.15, 0.2) is 29.8 Å². The van der Waals surface area contributed by atoms with Crippen molar-refractivity contribution in [3.05, 3.63) is 29.8 Å². The highest BCUT2D eigenvalue weighted by Crippen LogP contribution is 2.46. The Hall–Kier alpha value is -2.54. The summed E-state index contributed by atoms with van der Waals surface area (Å²) in [6.45, 7) is 3.54. The van der Waals surface area contributed by atoms with Gasteiger partial charge in [0.2, 0.25) is 11.8 Å². The van der Waals surface area contributed by atoms with Crippen LogP contribution < -0.4 is 14.4 Å². The van der Waals surface area contributed by atoms with Crippen LogP contribution in [-0.2, 0) is 9.59 Å². The van der Waals surface area contributed by atoms with Crippen molar-refractivity contribution in [3.8, 4) is 11.5 Å². The lowest BCUT2D eigenvalue weighted by Gasteiger charge is -2.55. The minimum absolute atomic E-state index is 0.0166. The fraction of sp³-hybridized carbons (Fsp3) is 0.643. The zero-order chi connectivity index (χ0) is 24.1. The van der Waals surface area contributed by atoms with E-state index in [0.717, 1.165) is 25.9 Å². The quantitative estimate of drug-likeness (QED) is 0.619. The molecule has 1 aromatic carbocycles. The molecular weight excluding hydrogens is 442 g/mol. The Morgan fingerprint density at radius 1 is 1.06 bits per heavy atom. The summed E-state index contributed by atoms with van der Waals surface area (Å²) in [5.41, 5.74) is 2.20. The molecule has 2 amide bonds. The number of hydrogen-bond acceptors (Lipinski definition) is 5. The second kappa shape index (κ2) is 9.16. The molecule has 0 radical (unpaired) electrons. The molecule has 5 aliphatic rings. The smallest absolute Gasteiger partial charge is 0.228 e. The largest absolute Gasteiger partial charge is 0.497 e. The molecule has 1 aliphatic carbocycles. The first-order valence-electron chi connectivity index (χ1n) is 13.3. The molecule has 188 valence electrons. The topological polar surface area (TPSA) is 62.3 Å². The van der Waals surface area contributed by atoms with Gasteiger partial charge in [0.1, 0.15) is 11.5 Å². The van der Waals surface area contributed by atoms with Crippen LogP contribution in [0.4, 0.5) is 5.69 Å². The van der Waals surface area contributed by atoms with Gasteiger partial charge in [-0.2, -0.15) is 0 Å². The monoisotopic (exact) mass is 479 g/mol. The molecule has 4 aliphatic heterocycles. The highest BCUT2D eigenvalue weighted by Gasteiger charge is 2.48. The molecule has 35 heavy (non-hydrogen) atoms. The van der Waals surface area contributed by atoms with E-state index in [1.807, 2.05) is 12.1 Å². The van der Waals surface area contributed by atoms with E-state index in [9.17, 15) is 9.59 Å². The summed E-state index contributed by atoms with van der Waals surface area (Å²) in [6.07, 6.45) is 10.1. The molecule has 4 saturated heterocycles. The second-order valence-electron chi connectivity index (χ2n) is 11.0. The summed E-state index contributed by atoms with van der Waals surface area (Å²) in [4.78, 5) is 33.6. The van der Waals surface area contributed by atoms with Gasteiger partial charge in [0.15, 0.2) is 0 Å². The number of amides is 2. The van der Waals surface area contributed by atoms with Crippen molar-refractivity contribution in [1.82, 2.24) is 9.80 Å². The number of hydrogen-bond donors (Lipinski definition) is 0.